The summed E-state index contributed by atoms with van der Waals surface area (Å²) in [5, 5.41) is 58.4. The summed E-state index contributed by atoms with van der Waals surface area (Å²) in [5.74, 6) is -0.976. The molecule has 18 nitrogen and oxygen atoms in total. The molecule has 6 heterocycles. The van der Waals surface area contributed by atoms with Crippen LogP contribution in [0.4, 0.5) is 0 Å². The molecule has 0 saturated carbocycles. The molecular formula is C23H36N4O14. The smallest absolute Gasteiger partial charge is 0.189 e. The van der Waals surface area contributed by atoms with Crippen LogP contribution in [0.5, 0.6) is 0 Å². The third-order valence-corrected chi connectivity index (χ3v) is 8.16. The number of fused-ring (bicyclic) bond motifs is 3. The maximum Gasteiger partial charge on any atom is 0.189 e. The van der Waals surface area contributed by atoms with E-state index >= 15 is 0 Å². The third-order valence-electron chi connectivity index (χ3n) is 8.16. The van der Waals surface area contributed by atoms with E-state index in [2.05, 4.69) is 10.0 Å². The Morgan fingerprint density at radius 1 is 0.756 bits per heavy atom. The predicted molar refractivity (Wildman–Crippen MR) is 127 cm³/mol. The van der Waals surface area contributed by atoms with E-state index in [4.69, 9.17) is 48.2 Å². The average Bonchev–Trinajstić information content (AvgIpc) is 3.72. The van der Waals surface area contributed by atoms with Gasteiger partial charge in [0.15, 0.2) is 38.2 Å². The van der Waals surface area contributed by atoms with E-state index in [1.54, 1.807) is 13.8 Å². The van der Waals surface area contributed by atoms with Crippen LogP contribution in [0.1, 0.15) is 13.8 Å². The largest absolute Gasteiger partial charge is 0.389 e. The Labute approximate surface area is 234 Å². The van der Waals surface area contributed by atoms with E-state index in [1.165, 1.54) is 4.90 Å². The van der Waals surface area contributed by atoms with Gasteiger partial charge in [0.1, 0.15) is 42.7 Å². The first-order chi connectivity index (χ1) is 19.6. The molecule has 5 N–H and O–H groups in total. The molecule has 0 aliphatic carbocycles. The van der Waals surface area contributed by atoms with Crippen molar-refractivity contribution in [3.63, 3.8) is 0 Å². The lowest BCUT2D eigenvalue weighted by molar-refractivity contribution is -0.217. The SMILES string of the molecule is CC1(C)O[C@H]2O[C@H]([C@@H](O)CN(C[C@H](O)[C@@H]3O[C@H]4OCO[C@H]4[C@@H]3O)C[C@H](O)[C@@H]3O[C@H]4OCO[C@H]4[C@@H]3O)[C@H](N=[N+]=[N-])[C@H]2O1. The van der Waals surface area contributed by atoms with Gasteiger partial charge in [-0.3, -0.25) is 4.90 Å². The van der Waals surface area contributed by atoms with E-state index < -0.39 is 97.8 Å². The van der Waals surface area contributed by atoms with Crippen LogP contribution in [0.2, 0.25) is 0 Å². The summed E-state index contributed by atoms with van der Waals surface area (Å²) < 4.78 is 49.9. The monoisotopic (exact) mass is 592 g/mol. The fraction of sp³-hybridized carbons (Fsp3) is 1.00. The second kappa shape index (κ2) is 11.7. The topological polar surface area (TPSA) is 236 Å². The Bertz CT molecular complexity index is 948. The molecule has 15 atom stereocenters. The lowest BCUT2D eigenvalue weighted by Gasteiger charge is -2.35. The molecule has 0 amide bonds. The van der Waals surface area contributed by atoms with Crippen molar-refractivity contribution in [2.24, 2.45) is 5.11 Å². The van der Waals surface area contributed by atoms with Crippen LogP contribution in [0.15, 0.2) is 5.11 Å². The van der Waals surface area contributed by atoms with Gasteiger partial charge in [-0.1, -0.05) is 5.11 Å². The zero-order valence-corrected chi connectivity index (χ0v) is 22.4. The van der Waals surface area contributed by atoms with E-state index in [9.17, 15) is 25.5 Å². The quantitative estimate of drug-likeness (QED) is 0.0956. The van der Waals surface area contributed by atoms with E-state index in [1.807, 2.05) is 0 Å². The minimum atomic E-state index is -1.31. The minimum Gasteiger partial charge on any atom is -0.389 e. The standard InChI is InChI=1S/C23H36N4O14/c1-23(2)40-17-11(25-26-24)14(37-22(17)41-23)8(28)3-27(4-9(29)15-12(31)18-20(38-15)35-6-33-18)5-10(30)16-13(32)19-21(39-16)36-7-34-19/h8-22,28-32H,3-7H2,1-2H3/t8-,9-,10-,11-,12+,13+,14+,15-,16-,17+,18-,19-,20+,21+,22+/m0/s1. The van der Waals surface area contributed by atoms with Gasteiger partial charge in [0.25, 0.3) is 0 Å². The van der Waals surface area contributed by atoms with Crippen LogP contribution in [0.3, 0.4) is 0 Å². The number of aliphatic hydroxyl groups is 5. The molecule has 6 aliphatic rings. The Morgan fingerprint density at radius 3 is 1.73 bits per heavy atom. The second-order valence-electron chi connectivity index (χ2n) is 11.4. The fourth-order valence-electron chi connectivity index (χ4n) is 6.30. The normalized spacial score (nSPS) is 46.7. The zero-order valence-electron chi connectivity index (χ0n) is 22.4. The molecule has 0 aromatic carbocycles. The van der Waals surface area contributed by atoms with Gasteiger partial charge in [-0.2, -0.15) is 0 Å². The lowest BCUT2D eigenvalue weighted by atomic mass is 10.0. The van der Waals surface area contributed by atoms with E-state index in [-0.39, 0.29) is 33.2 Å². The molecule has 18 heteroatoms. The highest BCUT2D eigenvalue weighted by molar-refractivity contribution is 5.02. The van der Waals surface area contributed by atoms with Gasteiger partial charge in [-0.05, 0) is 19.4 Å². The van der Waals surface area contributed by atoms with Crippen molar-refractivity contribution in [3.05, 3.63) is 10.4 Å². The van der Waals surface area contributed by atoms with Crippen molar-refractivity contribution >= 4 is 0 Å². The van der Waals surface area contributed by atoms with Crippen LogP contribution in [-0.4, -0.2) is 161 Å². The van der Waals surface area contributed by atoms with Crippen molar-refractivity contribution in [2.45, 2.75) is 112 Å². The summed E-state index contributed by atoms with van der Waals surface area (Å²) >= 11 is 0. The van der Waals surface area contributed by atoms with Gasteiger partial charge in [0.2, 0.25) is 0 Å². The lowest BCUT2D eigenvalue weighted by Crippen LogP contribution is -2.53. The molecule has 0 bridgehead atoms. The van der Waals surface area contributed by atoms with Gasteiger partial charge < -0.3 is 68.2 Å². The summed E-state index contributed by atoms with van der Waals surface area (Å²) in [7, 11) is 0. The summed E-state index contributed by atoms with van der Waals surface area (Å²) in [6, 6.07) is -0.930. The second-order valence-corrected chi connectivity index (χ2v) is 11.4. The highest BCUT2D eigenvalue weighted by Gasteiger charge is 2.57. The number of ether oxygens (including phenoxy) is 9. The Hall–Kier alpha value is -1.29. The number of hydrogen-bond donors (Lipinski definition) is 5. The number of rotatable bonds is 10. The molecule has 232 valence electrons. The third kappa shape index (κ3) is 5.69. The van der Waals surface area contributed by atoms with Crippen molar-refractivity contribution in [3.8, 4) is 0 Å². The van der Waals surface area contributed by atoms with Crippen LogP contribution < -0.4 is 0 Å². The van der Waals surface area contributed by atoms with E-state index in [0.717, 1.165) is 0 Å². The van der Waals surface area contributed by atoms with Crippen LogP contribution in [0, 0.1) is 0 Å². The van der Waals surface area contributed by atoms with Gasteiger partial charge in [0, 0.05) is 24.5 Å². The van der Waals surface area contributed by atoms with Gasteiger partial charge in [0.05, 0.1) is 30.5 Å². The Morgan fingerprint density at radius 2 is 1.24 bits per heavy atom. The zero-order chi connectivity index (χ0) is 29.1. The van der Waals surface area contributed by atoms with Gasteiger partial charge >= 0.3 is 0 Å². The molecule has 6 aliphatic heterocycles. The summed E-state index contributed by atoms with van der Waals surface area (Å²) in [4.78, 5) is 4.37. The van der Waals surface area contributed by atoms with Crippen molar-refractivity contribution < 1.29 is 68.2 Å². The molecule has 0 radical (unpaired) electrons. The first kappa shape index (κ1) is 29.8. The van der Waals surface area contributed by atoms with Crippen LogP contribution >= 0.6 is 0 Å². The predicted octanol–water partition coefficient (Wildman–Crippen LogP) is -3.16. The molecule has 0 aromatic heterocycles. The van der Waals surface area contributed by atoms with Crippen molar-refractivity contribution in [1.29, 1.82) is 0 Å². The minimum absolute atomic E-state index is 0.0425. The molecule has 41 heavy (non-hydrogen) atoms. The molecule has 6 saturated heterocycles. The van der Waals surface area contributed by atoms with Gasteiger partial charge in [-0.15, -0.1) is 0 Å². The first-order valence-electron chi connectivity index (χ1n) is 13.5. The molecule has 0 unspecified atom stereocenters. The van der Waals surface area contributed by atoms with Crippen molar-refractivity contribution in [2.75, 3.05) is 33.2 Å². The van der Waals surface area contributed by atoms with Crippen molar-refractivity contribution in [1.82, 2.24) is 4.90 Å². The summed E-state index contributed by atoms with van der Waals surface area (Å²) in [6.07, 6.45) is -14.4. The molecule has 0 aromatic rings. The molecule has 0 spiro atoms. The highest BCUT2D eigenvalue weighted by Crippen LogP contribution is 2.40. The molecule has 6 rings (SSSR count). The van der Waals surface area contributed by atoms with Crippen LogP contribution in [0.25, 0.3) is 10.4 Å². The maximum atomic E-state index is 11.3. The Balaban J connectivity index is 1.15. The fourth-order valence-corrected chi connectivity index (χ4v) is 6.30. The molecule has 6 fully saturated rings. The summed E-state index contributed by atoms with van der Waals surface area (Å²) in [6.45, 7) is 2.67. The Kier molecular flexibility index (Phi) is 8.47. The number of nitrogens with zero attached hydrogens (tertiary/aromatic N) is 4. The first-order valence-corrected chi connectivity index (χ1v) is 13.5. The highest BCUT2D eigenvalue weighted by atomic mass is 16.8. The number of aliphatic hydroxyl groups excluding tert-OH is 5. The van der Waals surface area contributed by atoms with E-state index in [0.29, 0.717) is 0 Å². The average molecular weight is 593 g/mol. The number of azide groups is 1. The van der Waals surface area contributed by atoms with Gasteiger partial charge in [-0.25, -0.2) is 0 Å². The molecular weight excluding hydrogens is 556 g/mol. The maximum absolute atomic E-state index is 11.3. The van der Waals surface area contributed by atoms with Crippen LogP contribution in [-0.2, 0) is 42.6 Å². The number of hydrogen-bond acceptors (Lipinski definition) is 16. The summed E-state index contributed by atoms with van der Waals surface area (Å²) in [5.41, 5.74) is 9.16.